The van der Waals surface area contributed by atoms with Gasteiger partial charge in [0.25, 0.3) is 0 Å². The molecule has 0 saturated carbocycles. The van der Waals surface area contributed by atoms with Crippen molar-refractivity contribution in [1.29, 1.82) is 0 Å². The molecule has 8 heteroatoms. The van der Waals surface area contributed by atoms with E-state index in [1.165, 1.54) is 11.8 Å². The maximum absolute atomic E-state index is 13.2. The molecular weight excluding hydrogens is 436 g/mol. The predicted molar refractivity (Wildman–Crippen MR) is 126 cm³/mol. The molecule has 1 aliphatic rings. The zero-order valence-electron chi connectivity index (χ0n) is 18.3. The summed E-state index contributed by atoms with van der Waals surface area (Å²) < 4.78 is 12.9. The Hall–Kier alpha value is -3.65. The minimum absolute atomic E-state index is 0.0654. The third-order valence-corrected chi connectivity index (χ3v) is 6.84. The van der Waals surface area contributed by atoms with Crippen molar-refractivity contribution in [3.8, 4) is 22.9 Å². The summed E-state index contributed by atoms with van der Waals surface area (Å²) in [4.78, 5) is 17.3. The number of ether oxygens (including phenoxy) is 2. The number of hydrogen-bond acceptors (Lipinski definition) is 7. The molecule has 0 radical (unpaired) electrons. The lowest BCUT2D eigenvalue weighted by Crippen LogP contribution is -2.13. The van der Waals surface area contributed by atoms with Crippen LogP contribution in [0.2, 0.25) is 0 Å². The van der Waals surface area contributed by atoms with Gasteiger partial charge < -0.3 is 9.47 Å². The molecule has 1 atom stereocenters. The summed E-state index contributed by atoms with van der Waals surface area (Å²) in [7, 11) is 3.17. The Bertz CT molecular complexity index is 1290. The molecule has 5 rings (SSSR count). The fourth-order valence-corrected chi connectivity index (χ4v) is 5.12. The SMILES string of the molecule is COc1cc2c(cc1OC)C(=O)C(Sc1nnc(-c3ccncc3)n1Cc1ccccc1)C2. The summed E-state index contributed by atoms with van der Waals surface area (Å²) in [6, 6.07) is 17.6. The van der Waals surface area contributed by atoms with Gasteiger partial charge in [-0.15, -0.1) is 10.2 Å². The zero-order valence-corrected chi connectivity index (χ0v) is 19.1. The number of Topliss-reactive ketones (excluding diaryl/α,β-unsaturated/α-hetero) is 1. The molecule has 4 aromatic rings. The summed E-state index contributed by atoms with van der Waals surface area (Å²) in [5.74, 6) is 2.00. The fraction of sp³-hybridized carbons (Fsp3) is 0.200. The number of pyridine rings is 1. The Morgan fingerprint density at radius 2 is 1.73 bits per heavy atom. The van der Waals surface area contributed by atoms with Crippen LogP contribution in [-0.4, -0.2) is 45.0 Å². The second-order valence-electron chi connectivity index (χ2n) is 7.65. The van der Waals surface area contributed by atoms with Gasteiger partial charge in [-0.25, -0.2) is 0 Å². The number of hydrogen-bond donors (Lipinski definition) is 0. The van der Waals surface area contributed by atoms with Crippen molar-refractivity contribution in [3.63, 3.8) is 0 Å². The number of ketones is 1. The molecule has 0 amide bonds. The van der Waals surface area contributed by atoms with Gasteiger partial charge in [0.1, 0.15) is 0 Å². The van der Waals surface area contributed by atoms with E-state index in [0.29, 0.717) is 35.2 Å². The smallest absolute Gasteiger partial charge is 0.192 e. The van der Waals surface area contributed by atoms with Gasteiger partial charge in [0.15, 0.2) is 28.3 Å². The maximum Gasteiger partial charge on any atom is 0.192 e. The molecule has 0 N–H and O–H groups in total. The zero-order chi connectivity index (χ0) is 22.8. The number of carbonyl (C=O) groups excluding carboxylic acids is 1. The monoisotopic (exact) mass is 458 g/mol. The minimum atomic E-state index is -0.291. The highest BCUT2D eigenvalue weighted by atomic mass is 32.2. The minimum Gasteiger partial charge on any atom is -0.493 e. The van der Waals surface area contributed by atoms with Crippen LogP contribution in [0.3, 0.4) is 0 Å². The van der Waals surface area contributed by atoms with E-state index in [-0.39, 0.29) is 11.0 Å². The lowest BCUT2D eigenvalue weighted by Gasteiger charge is -2.12. The van der Waals surface area contributed by atoms with Crippen LogP contribution < -0.4 is 9.47 Å². The highest BCUT2D eigenvalue weighted by molar-refractivity contribution is 8.00. The largest absolute Gasteiger partial charge is 0.493 e. The van der Waals surface area contributed by atoms with Crippen molar-refractivity contribution in [3.05, 3.63) is 83.7 Å². The maximum atomic E-state index is 13.2. The molecule has 2 heterocycles. The first-order chi connectivity index (χ1) is 16.2. The van der Waals surface area contributed by atoms with Crippen LogP contribution in [0, 0.1) is 0 Å². The Labute approximate surface area is 195 Å². The van der Waals surface area contributed by atoms with Gasteiger partial charge in [-0.05, 0) is 41.8 Å². The summed E-state index contributed by atoms with van der Waals surface area (Å²) in [5, 5.41) is 9.35. The first-order valence-electron chi connectivity index (χ1n) is 10.5. The summed E-state index contributed by atoms with van der Waals surface area (Å²) >= 11 is 1.45. The van der Waals surface area contributed by atoms with Crippen molar-refractivity contribution in [1.82, 2.24) is 19.7 Å². The number of methoxy groups -OCH3 is 2. The lowest BCUT2D eigenvalue weighted by molar-refractivity contribution is 0.1000. The molecule has 33 heavy (non-hydrogen) atoms. The normalized spacial score (nSPS) is 14.8. The van der Waals surface area contributed by atoms with Crippen molar-refractivity contribution in [2.75, 3.05) is 14.2 Å². The molecular formula is C25H22N4O3S. The van der Waals surface area contributed by atoms with E-state index in [9.17, 15) is 4.79 Å². The van der Waals surface area contributed by atoms with E-state index in [2.05, 4.69) is 31.9 Å². The molecule has 7 nitrogen and oxygen atoms in total. The van der Waals surface area contributed by atoms with Gasteiger partial charge in [-0.2, -0.15) is 0 Å². The standard InChI is InChI=1S/C25H22N4O3S/c1-31-20-12-18-13-22(23(30)19(18)14-21(20)32-2)33-25-28-27-24(17-8-10-26-11-9-17)29(25)15-16-6-4-3-5-7-16/h3-12,14,22H,13,15H2,1-2H3. The first-order valence-corrected chi connectivity index (χ1v) is 11.4. The van der Waals surface area contributed by atoms with Gasteiger partial charge in [-0.3, -0.25) is 14.3 Å². The Morgan fingerprint density at radius 3 is 2.45 bits per heavy atom. The quantitative estimate of drug-likeness (QED) is 0.408. The third kappa shape index (κ3) is 4.09. The van der Waals surface area contributed by atoms with Crippen LogP contribution in [0.25, 0.3) is 11.4 Å². The number of rotatable bonds is 7. The van der Waals surface area contributed by atoms with Crippen LogP contribution in [0.5, 0.6) is 11.5 Å². The fourth-order valence-electron chi connectivity index (χ4n) is 4.01. The van der Waals surface area contributed by atoms with Crippen LogP contribution in [0.1, 0.15) is 21.5 Å². The van der Waals surface area contributed by atoms with Crippen molar-refractivity contribution < 1.29 is 14.3 Å². The number of aromatic nitrogens is 4. The average Bonchev–Trinajstić information content (AvgIpc) is 3.39. The van der Waals surface area contributed by atoms with Gasteiger partial charge in [-0.1, -0.05) is 42.1 Å². The molecule has 1 aliphatic carbocycles. The van der Waals surface area contributed by atoms with Crippen LogP contribution in [0.4, 0.5) is 0 Å². The van der Waals surface area contributed by atoms with Crippen molar-refractivity contribution in [2.24, 2.45) is 0 Å². The summed E-state index contributed by atoms with van der Waals surface area (Å²) in [6.45, 7) is 0.601. The molecule has 2 aromatic carbocycles. The van der Waals surface area contributed by atoms with Gasteiger partial charge >= 0.3 is 0 Å². The molecule has 0 aliphatic heterocycles. The van der Waals surface area contributed by atoms with E-state index in [4.69, 9.17) is 9.47 Å². The molecule has 0 saturated heterocycles. The van der Waals surface area contributed by atoms with E-state index in [1.807, 2.05) is 36.4 Å². The molecule has 0 fully saturated rings. The predicted octanol–water partition coefficient (Wildman–Crippen LogP) is 4.31. The second kappa shape index (κ2) is 9.07. The van der Waals surface area contributed by atoms with Gasteiger partial charge in [0, 0.05) is 23.5 Å². The van der Waals surface area contributed by atoms with Crippen LogP contribution in [0.15, 0.2) is 72.1 Å². The number of nitrogens with zero attached hydrogens (tertiary/aromatic N) is 4. The highest BCUT2D eigenvalue weighted by Gasteiger charge is 2.34. The number of thioether (sulfide) groups is 1. The molecule has 0 bridgehead atoms. The van der Waals surface area contributed by atoms with Gasteiger partial charge in [0.2, 0.25) is 0 Å². The number of benzene rings is 2. The van der Waals surface area contributed by atoms with Crippen molar-refractivity contribution >= 4 is 17.5 Å². The Morgan fingerprint density at radius 1 is 1.00 bits per heavy atom. The molecule has 2 aromatic heterocycles. The van der Waals surface area contributed by atoms with Crippen LogP contribution >= 0.6 is 11.8 Å². The molecule has 166 valence electrons. The highest BCUT2D eigenvalue weighted by Crippen LogP contribution is 2.40. The Kier molecular flexibility index (Phi) is 5.83. The van der Waals surface area contributed by atoms with E-state index >= 15 is 0 Å². The Balaban J connectivity index is 1.48. The lowest BCUT2D eigenvalue weighted by atomic mass is 10.1. The summed E-state index contributed by atoms with van der Waals surface area (Å²) in [5.41, 5.74) is 3.69. The topological polar surface area (TPSA) is 79.1 Å². The first kappa shape index (κ1) is 21.2. The van der Waals surface area contributed by atoms with E-state index in [1.54, 1.807) is 32.7 Å². The molecule has 1 unspecified atom stereocenters. The second-order valence-corrected chi connectivity index (χ2v) is 8.82. The third-order valence-electron chi connectivity index (χ3n) is 5.66. The summed E-state index contributed by atoms with van der Waals surface area (Å²) in [6.07, 6.45) is 4.07. The molecule has 0 spiro atoms. The van der Waals surface area contributed by atoms with E-state index in [0.717, 1.165) is 22.5 Å². The number of fused-ring (bicyclic) bond motifs is 1. The van der Waals surface area contributed by atoms with Crippen LogP contribution in [-0.2, 0) is 13.0 Å². The average molecular weight is 459 g/mol. The van der Waals surface area contributed by atoms with E-state index < -0.39 is 0 Å². The van der Waals surface area contributed by atoms with Gasteiger partial charge in [0.05, 0.1) is 26.0 Å². The number of carbonyl (C=O) groups is 1. The van der Waals surface area contributed by atoms with Crippen molar-refractivity contribution in [2.45, 2.75) is 23.4 Å².